The maximum atomic E-state index is 12.8. The van der Waals surface area contributed by atoms with Crippen LogP contribution < -0.4 is 5.73 Å². The Kier molecular flexibility index (Phi) is 4.24. The summed E-state index contributed by atoms with van der Waals surface area (Å²) in [4.78, 5) is 4.90. The van der Waals surface area contributed by atoms with Crippen LogP contribution in [0.2, 0.25) is 5.02 Å². The van der Waals surface area contributed by atoms with Crippen molar-refractivity contribution in [1.82, 2.24) is 4.98 Å². The monoisotopic (exact) mass is 297 g/mol. The summed E-state index contributed by atoms with van der Waals surface area (Å²) < 4.78 is 12.8. The van der Waals surface area contributed by atoms with E-state index < -0.39 is 0 Å². The van der Waals surface area contributed by atoms with E-state index in [-0.39, 0.29) is 16.7 Å². The predicted octanol–water partition coefficient (Wildman–Crippen LogP) is 3.12. The number of nitrogens with two attached hydrogens (primary N) is 1. The van der Waals surface area contributed by atoms with Crippen molar-refractivity contribution in [3.63, 3.8) is 0 Å². The van der Waals surface area contributed by atoms with Crippen LogP contribution in [0.5, 0.6) is 0 Å². The average molecular weight is 298 g/mol. The predicted molar refractivity (Wildman–Crippen MR) is 72.3 cm³/mol. The first kappa shape index (κ1) is 13.6. The van der Waals surface area contributed by atoms with E-state index >= 15 is 0 Å². The van der Waals surface area contributed by atoms with Gasteiger partial charge < -0.3 is 10.9 Å². The second-order valence-electron chi connectivity index (χ2n) is 3.52. The highest BCUT2D eigenvalue weighted by Crippen LogP contribution is 2.33. The first-order chi connectivity index (χ1) is 9.11. The normalized spacial score (nSPS) is 11.6. The molecule has 4 nitrogen and oxygen atoms in total. The van der Waals surface area contributed by atoms with Crippen LogP contribution in [0.25, 0.3) is 0 Å². The molecule has 0 atom stereocenters. The van der Waals surface area contributed by atoms with Crippen LogP contribution in [0.15, 0.2) is 51.6 Å². The fourth-order valence-electron chi connectivity index (χ4n) is 1.36. The molecule has 1 aromatic heterocycles. The Balaban J connectivity index is 2.33. The molecule has 0 aliphatic heterocycles. The van der Waals surface area contributed by atoms with Crippen LogP contribution in [-0.4, -0.2) is 16.0 Å². The molecule has 7 heteroatoms. The molecule has 1 heterocycles. The van der Waals surface area contributed by atoms with E-state index in [0.29, 0.717) is 10.6 Å². The van der Waals surface area contributed by atoms with E-state index in [2.05, 4.69) is 10.1 Å². The molecule has 2 rings (SSSR count). The Morgan fingerprint density at radius 2 is 2.00 bits per heavy atom. The summed E-state index contributed by atoms with van der Waals surface area (Å²) in [5, 5.41) is 12.3. The van der Waals surface area contributed by atoms with Gasteiger partial charge >= 0.3 is 0 Å². The van der Waals surface area contributed by atoms with Crippen molar-refractivity contribution in [2.24, 2.45) is 10.9 Å². The van der Waals surface area contributed by atoms with Crippen LogP contribution in [0.3, 0.4) is 0 Å². The SMILES string of the molecule is N/C(=N/O)c1ccnc(Sc2ccc(F)cc2)c1Cl. The number of benzene rings is 1. The fraction of sp³-hybridized carbons (Fsp3) is 0. The van der Waals surface area contributed by atoms with Gasteiger partial charge in [0.25, 0.3) is 0 Å². The second-order valence-corrected chi connectivity index (χ2v) is 4.96. The molecule has 98 valence electrons. The lowest BCUT2D eigenvalue weighted by atomic mass is 10.2. The molecule has 1 aromatic carbocycles. The third-order valence-electron chi connectivity index (χ3n) is 2.27. The van der Waals surface area contributed by atoms with Gasteiger partial charge in [0.2, 0.25) is 0 Å². The van der Waals surface area contributed by atoms with Crippen molar-refractivity contribution >= 4 is 29.2 Å². The number of hydrogen-bond donors (Lipinski definition) is 2. The van der Waals surface area contributed by atoms with E-state index in [4.69, 9.17) is 22.5 Å². The van der Waals surface area contributed by atoms with E-state index in [0.717, 1.165) is 4.90 Å². The van der Waals surface area contributed by atoms with Gasteiger partial charge in [0.1, 0.15) is 10.8 Å². The van der Waals surface area contributed by atoms with Crippen LogP contribution in [0.1, 0.15) is 5.56 Å². The number of aromatic nitrogens is 1. The first-order valence-corrected chi connectivity index (χ1v) is 6.37. The number of nitrogens with zero attached hydrogens (tertiary/aromatic N) is 2. The number of hydrogen-bond acceptors (Lipinski definition) is 4. The van der Waals surface area contributed by atoms with E-state index in [1.54, 1.807) is 18.2 Å². The number of pyridine rings is 1. The summed E-state index contributed by atoms with van der Waals surface area (Å²) in [5.74, 6) is -0.401. The standard InChI is InChI=1S/C12H9ClFN3OS/c13-10-9(11(15)17-18)5-6-16-12(10)19-8-3-1-7(14)2-4-8/h1-6,18H,(H2,15,17). The van der Waals surface area contributed by atoms with E-state index in [1.807, 2.05) is 0 Å². The quantitative estimate of drug-likeness (QED) is 0.395. The zero-order valence-electron chi connectivity index (χ0n) is 9.55. The number of amidine groups is 1. The van der Waals surface area contributed by atoms with Crippen LogP contribution in [0, 0.1) is 5.82 Å². The smallest absolute Gasteiger partial charge is 0.171 e. The van der Waals surface area contributed by atoms with Gasteiger partial charge in [-0.2, -0.15) is 0 Å². The lowest BCUT2D eigenvalue weighted by Gasteiger charge is -2.07. The lowest BCUT2D eigenvalue weighted by molar-refractivity contribution is 0.318. The van der Waals surface area contributed by atoms with Gasteiger partial charge in [-0.1, -0.05) is 28.5 Å². The minimum Gasteiger partial charge on any atom is -0.409 e. The first-order valence-electron chi connectivity index (χ1n) is 5.17. The third kappa shape index (κ3) is 3.15. The Morgan fingerprint density at radius 3 is 2.63 bits per heavy atom. The van der Waals surface area contributed by atoms with Gasteiger partial charge in [-0.15, -0.1) is 0 Å². The Labute approximate surface area is 118 Å². The van der Waals surface area contributed by atoms with Crippen molar-refractivity contribution in [3.8, 4) is 0 Å². The number of rotatable bonds is 3. The van der Waals surface area contributed by atoms with Crippen molar-refractivity contribution in [2.45, 2.75) is 9.92 Å². The molecule has 0 aliphatic carbocycles. The molecule has 0 fully saturated rings. The Hall–Kier alpha value is -1.79. The summed E-state index contributed by atoms with van der Waals surface area (Å²) >= 11 is 7.40. The van der Waals surface area contributed by atoms with Crippen molar-refractivity contribution in [3.05, 3.63) is 52.9 Å². The topological polar surface area (TPSA) is 71.5 Å². The highest BCUT2D eigenvalue weighted by Gasteiger charge is 2.12. The van der Waals surface area contributed by atoms with Crippen LogP contribution in [-0.2, 0) is 0 Å². The highest BCUT2D eigenvalue weighted by atomic mass is 35.5. The molecule has 0 aliphatic rings. The van der Waals surface area contributed by atoms with Crippen molar-refractivity contribution < 1.29 is 9.60 Å². The molecule has 0 radical (unpaired) electrons. The maximum absolute atomic E-state index is 12.8. The zero-order chi connectivity index (χ0) is 13.8. The number of oxime groups is 1. The Morgan fingerprint density at radius 1 is 1.32 bits per heavy atom. The molecule has 0 saturated heterocycles. The number of halogens is 2. The summed E-state index contributed by atoms with van der Waals surface area (Å²) in [5.41, 5.74) is 5.90. The minimum atomic E-state index is -0.311. The largest absolute Gasteiger partial charge is 0.409 e. The van der Waals surface area contributed by atoms with Crippen LogP contribution >= 0.6 is 23.4 Å². The fourth-order valence-corrected chi connectivity index (χ4v) is 2.49. The lowest BCUT2D eigenvalue weighted by Crippen LogP contribution is -2.14. The highest BCUT2D eigenvalue weighted by molar-refractivity contribution is 7.99. The van der Waals surface area contributed by atoms with Crippen molar-refractivity contribution in [1.29, 1.82) is 0 Å². The molecular weight excluding hydrogens is 289 g/mol. The van der Waals surface area contributed by atoms with Gasteiger partial charge in [-0.25, -0.2) is 9.37 Å². The molecule has 0 bridgehead atoms. The molecular formula is C12H9ClFN3OS. The van der Waals surface area contributed by atoms with Gasteiger partial charge in [-0.3, -0.25) is 0 Å². The molecule has 2 aromatic rings. The molecule has 0 unspecified atom stereocenters. The second kappa shape index (κ2) is 5.90. The summed E-state index contributed by atoms with van der Waals surface area (Å²) in [7, 11) is 0. The van der Waals surface area contributed by atoms with E-state index in [1.165, 1.54) is 30.1 Å². The van der Waals surface area contributed by atoms with Gasteiger partial charge in [-0.05, 0) is 30.3 Å². The summed E-state index contributed by atoms with van der Waals surface area (Å²) in [6.45, 7) is 0. The molecule has 0 saturated carbocycles. The average Bonchev–Trinajstić information content (AvgIpc) is 2.43. The third-order valence-corrected chi connectivity index (χ3v) is 3.77. The molecule has 19 heavy (non-hydrogen) atoms. The zero-order valence-corrected chi connectivity index (χ0v) is 11.1. The minimum absolute atomic E-state index is 0.0895. The van der Waals surface area contributed by atoms with E-state index in [9.17, 15) is 4.39 Å². The molecule has 0 spiro atoms. The van der Waals surface area contributed by atoms with Crippen LogP contribution in [0.4, 0.5) is 4.39 Å². The van der Waals surface area contributed by atoms with Crippen molar-refractivity contribution in [2.75, 3.05) is 0 Å². The Bertz CT molecular complexity index is 619. The summed E-state index contributed by atoms with van der Waals surface area (Å²) in [6, 6.07) is 7.49. The van der Waals surface area contributed by atoms with Gasteiger partial charge in [0.15, 0.2) is 5.84 Å². The van der Waals surface area contributed by atoms with Gasteiger partial charge in [0, 0.05) is 16.7 Å². The summed E-state index contributed by atoms with van der Waals surface area (Å²) in [6.07, 6.45) is 1.51. The molecule has 3 N–H and O–H groups in total. The van der Waals surface area contributed by atoms with Gasteiger partial charge in [0.05, 0.1) is 5.02 Å². The molecule has 0 amide bonds. The maximum Gasteiger partial charge on any atom is 0.171 e.